The zero-order valence-electron chi connectivity index (χ0n) is 12.0. The molecule has 0 amide bonds. The first-order chi connectivity index (χ1) is 10.2. The summed E-state index contributed by atoms with van der Waals surface area (Å²) in [5.74, 6) is 0.275. The maximum Gasteiger partial charge on any atom is 0.337 e. The molecule has 21 heavy (non-hydrogen) atoms. The number of aromatic carboxylic acids is 1. The highest BCUT2D eigenvalue weighted by Gasteiger charge is 2.15. The van der Waals surface area contributed by atoms with Crippen molar-refractivity contribution >= 4 is 5.97 Å². The molecule has 0 fully saturated rings. The van der Waals surface area contributed by atoms with Crippen LogP contribution < -0.4 is 9.47 Å². The van der Waals surface area contributed by atoms with Gasteiger partial charge in [0.05, 0.1) is 24.3 Å². The minimum Gasteiger partial charge on any atom is -0.493 e. The molecule has 1 aromatic heterocycles. The monoisotopic (exact) mass is 287 g/mol. The van der Waals surface area contributed by atoms with Crippen LogP contribution in [0.1, 0.15) is 24.2 Å². The van der Waals surface area contributed by atoms with Crippen molar-refractivity contribution in [2.75, 3.05) is 13.2 Å². The van der Waals surface area contributed by atoms with Gasteiger partial charge in [-0.15, -0.1) is 0 Å². The predicted octanol–water partition coefficient (Wildman–Crippen LogP) is 3.24. The number of carboxylic acid groups (broad SMARTS) is 1. The molecule has 2 aromatic rings. The largest absolute Gasteiger partial charge is 0.493 e. The predicted molar refractivity (Wildman–Crippen MR) is 79.0 cm³/mol. The van der Waals surface area contributed by atoms with Gasteiger partial charge in [-0.1, -0.05) is 6.07 Å². The molecule has 0 saturated carbocycles. The lowest BCUT2D eigenvalue weighted by molar-refractivity contribution is 0.0696. The van der Waals surface area contributed by atoms with Crippen molar-refractivity contribution in [2.24, 2.45) is 0 Å². The van der Waals surface area contributed by atoms with Gasteiger partial charge >= 0.3 is 5.97 Å². The van der Waals surface area contributed by atoms with E-state index in [-0.39, 0.29) is 5.56 Å². The van der Waals surface area contributed by atoms with Crippen LogP contribution in [-0.2, 0) is 0 Å². The van der Waals surface area contributed by atoms with E-state index < -0.39 is 5.97 Å². The highest BCUT2D eigenvalue weighted by Crippen LogP contribution is 2.38. The molecule has 5 heteroatoms. The van der Waals surface area contributed by atoms with Gasteiger partial charge in [-0.05, 0) is 32.0 Å². The van der Waals surface area contributed by atoms with Gasteiger partial charge in [0, 0.05) is 18.0 Å². The van der Waals surface area contributed by atoms with Crippen LogP contribution >= 0.6 is 0 Å². The number of hydrogen-bond donors (Lipinski definition) is 1. The first-order valence-electron chi connectivity index (χ1n) is 6.74. The highest BCUT2D eigenvalue weighted by molar-refractivity contribution is 5.89. The van der Waals surface area contributed by atoms with Gasteiger partial charge in [-0.3, -0.25) is 4.98 Å². The number of carboxylic acids is 1. The number of aromatic nitrogens is 1. The summed E-state index contributed by atoms with van der Waals surface area (Å²) in [6, 6.07) is 7.06. The molecule has 1 heterocycles. The summed E-state index contributed by atoms with van der Waals surface area (Å²) in [6.07, 6.45) is 2.92. The van der Waals surface area contributed by atoms with E-state index >= 15 is 0 Å². The number of carbonyl (C=O) groups is 1. The fourth-order valence-corrected chi connectivity index (χ4v) is 2.04. The second-order valence-corrected chi connectivity index (χ2v) is 4.26. The number of rotatable bonds is 6. The van der Waals surface area contributed by atoms with Crippen molar-refractivity contribution < 1.29 is 19.4 Å². The molecule has 1 aromatic carbocycles. The first kappa shape index (κ1) is 14.8. The normalized spacial score (nSPS) is 10.2. The average Bonchev–Trinajstić information content (AvgIpc) is 2.48. The SMILES string of the molecule is CCOc1cccc(OCC)c1-c1cncc(C(=O)O)c1. The Morgan fingerprint density at radius 1 is 1.14 bits per heavy atom. The van der Waals surface area contributed by atoms with Crippen molar-refractivity contribution in [3.8, 4) is 22.6 Å². The quantitative estimate of drug-likeness (QED) is 0.883. The molecule has 0 radical (unpaired) electrons. The Morgan fingerprint density at radius 3 is 2.29 bits per heavy atom. The molecular weight excluding hydrogens is 270 g/mol. The molecule has 0 spiro atoms. The fraction of sp³-hybridized carbons (Fsp3) is 0.250. The molecule has 0 atom stereocenters. The van der Waals surface area contributed by atoms with Crippen molar-refractivity contribution in [3.63, 3.8) is 0 Å². The van der Waals surface area contributed by atoms with Gasteiger partial charge < -0.3 is 14.6 Å². The number of pyridine rings is 1. The maximum absolute atomic E-state index is 11.1. The minimum absolute atomic E-state index is 0.126. The molecule has 2 rings (SSSR count). The average molecular weight is 287 g/mol. The second kappa shape index (κ2) is 6.74. The van der Waals surface area contributed by atoms with Crippen molar-refractivity contribution in [2.45, 2.75) is 13.8 Å². The van der Waals surface area contributed by atoms with E-state index in [2.05, 4.69) is 4.98 Å². The molecule has 5 nitrogen and oxygen atoms in total. The Balaban J connectivity index is 2.59. The smallest absolute Gasteiger partial charge is 0.337 e. The van der Waals surface area contributed by atoms with Crippen LogP contribution in [0.3, 0.4) is 0 Å². The molecule has 0 aliphatic rings. The van der Waals surface area contributed by atoms with E-state index in [1.165, 1.54) is 6.20 Å². The molecule has 1 N–H and O–H groups in total. The number of benzene rings is 1. The van der Waals surface area contributed by atoms with Gasteiger partial charge in [0.25, 0.3) is 0 Å². The molecule has 0 aliphatic heterocycles. The van der Waals surface area contributed by atoms with Crippen LogP contribution in [0.5, 0.6) is 11.5 Å². The van der Waals surface area contributed by atoms with E-state index in [0.717, 1.165) is 5.56 Å². The van der Waals surface area contributed by atoms with Gasteiger partial charge in [0.1, 0.15) is 11.5 Å². The van der Waals surface area contributed by atoms with Crippen molar-refractivity contribution in [1.29, 1.82) is 0 Å². The number of hydrogen-bond acceptors (Lipinski definition) is 4. The Labute approximate surface area is 123 Å². The molecule has 0 saturated heterocycles. The Bertz CT molecular complexity index is 616. The third-order valence-electron chi connectivity index (χ3n) is 2.86. The second-order valence-electron chi connectivity index (χ2n) is 4.26. The molecule has 110 valence electrons. The zero-order valence-corrected chi connectivity index (χ0v) is 12.0. The van der Waals surface area contributed by atoms with Gasteiger partial charge in [-0.2, -0.15) is 0 Å². The van der Waals surface area contributed by atoms with E-state index in [9.17, 15) is 4.79 Å². The lowest BCUT2D eigenvalue weighted by Crippen LogP contribution is -2.01. The topological polar surface area (TPSA) is 68.7 Å². The summed E-state index contributed by atoms with van der Waals surface area (Å²) in [6.45, 7) is 4.80. The molecular formula is C16H17NO4. The zero-order chi connectivity index (χ0) is 15.2. The lowest BCUT2D eigenvalue weighted by Gasteiger charge is -2.15. The molecule has 0 unspecified atom stereocenters. The van der Waals surface area contributed by atoms with Crippen LogP contribution in [0.2, 0.25) is 0 Å². The Hall–Kier alpha value is -2.56. The van der Waals surface area contributed by atoms with Crippen LogP contribution in [0.4, 0.5) is 0 Å². The van der Waals surface area contributed by atoms with Crippen molar-refractivity contribution in [1.82, 2.24) is 4.98 Å². The van der Waals surface area contributed by atoms with E-state index in [0.29, 0.717) is 30.3 Å². The Kier molecular flexibility index (Phi) is 4.77. The summed E-state index contributed by atoms with van der Waals surface area (Å²) in [5, 5.41) is 9.10. The summed E-state index contributed by atoms with van der Waals surface area (Å²) in [7, 11) is 0. The third-order valence-corrected chi connectivity index (χ3v) is 2.86. The molecule has 0 aliphatic carbocycles. The number of nitrogens with zero attached hydrogens (tertiary/aromatic N) is 1. The summed E-state index contributed by atoms with van der Waals surface area (Å²) in [4.78, 5) is 15.1. The maximum atomic E-state index is 11.1. The molecule has 0 bridgehead atoms. The summed E-state index contributed by atoms with van der Waals surface area (Å²) >= 11 is 0. The van der Waals surface area contributed by atoms with E-state index in [1.807, 2.05) is 32.0 Å². The van der Waals surface area contributed by atoms with Gasteiger partial charge in [-0.25, -0.2) is 4.79 Å². The van der Waals surface area contributed by atoms with Gasteiger partial charge in [0.2, 0.25) is 0 Å². The highest BCUT2D eigenvalue weighted by atomic mass is 16.5. The first-order valence-corrected chi connectivity index (χ1v) is 6.74. The van der Waals surface area contributed by atoms with Crippen LogP contribution in [0, 0.1) is 0 Å². The number of ether oxygens (including phenoxy) is 2. The van der Waals surface area contributed by atoms with Crippen LogP contribution in [-0.4, -0.2) is 29.3 Å². The summed E-state index contributed by atoms with van der Waals surface area (Å²) < 4.78 is 11.2. The summed E-state index contributed by atoms with van der Waals surface area (Å²) in [5.41, 5.74) is 1.50. The van der Waals surface area contributed by atoms with Crippen molar-refractivity contribution in [3.05, 3.63) is 42.2 Å². The Morgan fingerprint density at radius 2 is 1.76 bits per heavy atom. The van der Waals surface area contributed by atoms with Crippen LogP contribution in [0.15, 0.2) is 36.7 Å². The third kappa shape index (κ3) is 3.31. The van der Waals surface area contributed by atoms with Crippen LogP contribution in [0.25, 0.3) is 11.1 Å². The van der Waals surface area contributed by atoms with E-state index in [1.54, 1.807) is 12.3 Å². The van der Waals surface area contributed by atoms with Gasteiger partial charge in [0.15, 0.2) is 0 Å². The minimum atomic E-state index is -1.02. The van der Waals surface area contributed by atoms with E-state index in [4.69, 9.17) is 14.6 Å². The fourth-order valence-electron chi connectivity index (χ4n) is 2.04. The standard InChI is InChI=1S/C16H17NO4/c1-3-20-13-6-5-7-14(21-4-2)15(13)11-8-12(16(18)19)10-17-9-11/h5-10H,3-4H2,1-2H3,(H,18,19). The lowest BCUT2D eigenvalue weighted by atomic mass is 10.0.